The van der Waals surface area contributed by atoms with Crippen molar-refractivity contribution >= 4 is 5.91 Å². The van der Waals surface area contributed by atoms with Gasteiger partial charge in [-0.1, -0.05) is 48.0 Å². The van der Waals surface area contributed by atoms with Gasteiger partial charge in [0.1, 0.15) is 0 Å². The zero-order valence-corrected chi connectivity index (χ0v) is 14.1. The maximum absolute atomic E-state index is 12.3. The van der Waals surface area contributed by atoms with Gasteiger partial charge in [-0.05, 0) is 50.8 Å². The first-order valence-corrected chi connectivity index (χ1v) is 7.99. The molecule has 0 aliphatic rings. The standard InChI is InChI=1S/C20H25NO2/c1-15-9-10-16(2)18(13-15)19(22)21-14-20(3,23)12-11-17-7-5-4-6-8-17/h4-10,13,23H,11-12,14H2,1-3H3,(H,21,22)/t20-/m0/s1. The number of amides is 1. The Morgan fingerprint density at radius 3 is 2.52 bits per heavy atom. The quantitative estimate of drug-likeness (QED) is 0.859. The van der Waals surface area contributed by atoms with Gasteiger partial charge in [0, 0.05) is 12.1 Å². The van der Waals surface area contributed by atoms with Gasteiger partial charge in [-0.2, -0.15) is 0 Å². The second-order valence-electron chi connectivity index (χ2n) is 6.48. The lowest BCUT2D eigenvalue weighted by atomic mass is 9.96. The molecule has 0 saturated carbocycles. The molecule has 0 aliphatic carbocycles. The lowest BCUT2D eigenvalue weighted by Crippen LogP contribution is -2.41. The SMILES string of the molecule is Cc1ccc(C)c(C(=O)NC[C@@](C)(O)CCc2ccccc2)c1. The molecule has 1 atom stereocenters. The predicted octanol–water partition coefficient (Wildman–Crippen LogP) is 3.42. The molecule has 2 aromatic carbocycles. The van der Waals surface area contributed by atoms with Crippen LogP contribution in [-0.4, -0.2) is 23.2 Å². The van der Waals surface area contributed by atoms with Crippen LogP contribution in [0.4, 0.5) is 0 Å². The second kappa shape index (κ2) is 7.42. The van der Waals surface area contributed by atoms with Crippen LogP contribution < -0.4 is 5.32 Å². The fourth-order valence-electron chi connectivity index (χ4n) is 2.49. The molecule has 0 heterocycles. The predicted molar refractivity (Wildman–Crippen MR) is 93.6 cm³/mol. The van der Waals surface area contributed by atoms with Gasteiger partial charge in [-0.25, -0.2) is 0 Å². The Balaban J connectivity index is 1.90. The van der Waals surface area contributed by atoms with Gasteiger partial charge in [0.05, 0.1) is 5.60 Å². The van der Waals surface area contributed by atoms with Gasteiger partial charge in [0.15, 0.2) is 0 Å². The summed E-state index contributed by atoms with van der Waals surface area (Å²) in [7, 11) is 0. The zero-order valence-electron chi connectivity index (χ0n) is 14.1. The Morgan fingerprint density at radius 1 is 1.13 bits per heavy atom. The summed E-state index contributed by atoms with van der Waals surface area (Å²) in [5, 5.41) is 13.3. The highest BCUT2D eigenvalue weighted by Crippen LogP contribution is 2.15. The summed E-state index contributed by atoms with van der Waals surface area (Å²) in [4.78, 5) is 12.3. The molecule has 0 aliphatic heterocycles. The van der Waals surface area contributed by atoms with Crippen molar-refractivity contribution in [3.63, 3.8) is 0 Å². The molecule has 0 spiro atoms. The number of nitrogens with one attached hydrogen (secondary N) is 1. The van der Waals surface area contributed by atoms with E-state index in [0.29, 0.717) is 12.0 Å². The Labute approximate surface area is 138 Å². The van der Waals surface area contributed by atoms with Crippen molar-refractivity contribution in [2.75, 3.05) is 6.54 Å². The lowest BCUT2D eigenvalue weighted by Gasteiger charge is -2.24. The summed E-state index contributed by atoms with van der Waals surface area (Å²) in [5.41, 5.74) is 2.93. The largest absolute Gasteiger partial charge is 0.388 e. The van der Waals surface area contributed by atoms with Crippen LogP contribution in [0.15, 0.2) is 48.5 Å². The minimum Gasteiger partial charge on any atom is -0.388 e. The number of aryl methyl sites for hydroxylation is 3. The van der Waals surface area contributed by atoms with Crippen LogP contribution in [0.3, 0.4) is 0 Å². The third-order valence-electron chi connectivity index (χ3n) is 4.06. The monoisotopic (exact) mass is 311 g/mol. The molecule has 3 nitrogen and oxygen atoms in total. The average Bonchev–Trinajstić information content (AvgIpc) is 2.54. The first kappa shape index (κ1) is 17.2. The van der Waals surface area contributed by atoms with E-state index in [0.717, 1.165) is 17.5 Å². The molecule has 0 unspecified atom stereocenters. The van der Waals surface area contributed by atoms with E-state index in [4.69, 9.17) is 0 Å². The van der Waals surface area contributed by atoms with Crippen LogP contribution in [0.5, 0.6) is 0 Å². The van der Waals surface area contributed by atoms with E-state index in [1.165, 1.54) is 5.56 Å². The highest BCUT2D eigenvalue weighted by Gasteiger charge is 2.21. The van der Waals surface area contributed by atoms with E-state index >= 15 is 0 Å². The summed E-state index contributed by atoms with van der Waals surface area (Å²) in [6.45, 7) is 5.89. The van der Waals surface area contributed by atoms with E-state index in [9.17, 15) is 9.90 Å². The third-order valence-corrected chi connectivity index (χ3v) is 4.06. The summed E-state index contributed by atoms with van der Waals surface area (Å²) >= 11 is 0. The Kier molecular flexibility index (Phi) is 5.56. The van der Waals surface area contributed by atoms with Gasteiger partial charge in [-0.15, -0.1) is 0 Å². The number of hydrogen-bond acceptors (Lipinski definition) is 2. The van der Waals surface area contributed by atoms with Gasteiger partial charge in [0.25, 0.3) is 5.91 Å². The second-order valence-corrected chi connectivity index (χ2v) is 6.48. The summed E-state index contributed by atoms with van der Waals surface area (Å²) < 4.78 is 0. The molecule has 2 rings (SSSR count). The molecule has 0 radical (unpaired) electrons. The van der Waals surface area contributed by atoms with Gasteiger partial charge in [-0.3, -0.25) is 4.79 Å². The lowest BCUT2D eigenvalue weighted by molar-refractivity contribution is 0.0478. The molecule has 2 N–H and O–H groups in total. The van der Waals surface area contributed by atoms with Crippen molar-refractivity contribution in [3.8, 4) is 0 Å². The highest BCUT2D eigenvalue weighted by molar-refractivity contribution is 5.95. The first-order chi connectivity index (χ1) is 10.9. The molecule has 0 bridgehead atoms. The number of carbonyl (C=O) groups excluding carboxylic acids is 1. The van der Waals surface area contributed by atoms with E-state index in [1.54, 1.807) is 6.92 Å². The van der Waals surface area contributed by atoms with Crippen LogP contribution in [0.2, 0.25) is 0 Å². The fraction of sp³-hybridized carbons (Fsp3) is 0.350. The van der Waals surface area contributed by atoms with Gasteiger partial charge >= 0.3 is 0 Å². The Bertz CT molecular complexity index is 663. The van der Waals surface area contributed by atoms with E-state index in [1.807, 2.05) is 62.4 Å². The Morgan fingerprint density at radius 2 is 1.83 bits per heavy atom. The normalized spacial score (nSPS) is 13.4. The van der Waals surface area contributed by atoms with Crippen molar-refractivity contribution in [2.24, 2.45) is 0 Å². The zero-order chi connectivity index (χ0) is 16.9. The molecular formula is C20H25NO2. The summed E-state index contributed by atoms with van der Waals surface area (Å²) in [6.07, 6.45) is 1.39. The van der Waals surface area contributed by atoms with Crippen molar-refractivity contribution in [3.05, 3.63) is 70.8 Å². The van der Waals surface area contributed by atoms with Crippen molar-refractivity contribution in [2.45, 2.75) is 39.2 Å². The third kappa shape index (κ3) is 5.22. The molecule has 122 valence electrons. The van der Waals surface area contributed by atoms with Crippen LogP contribution in [-0.2, 0) is 6.42 Å². The number of carbonyl (C=O) groups is 1. The van der Waals surface area contributed by atoms with Crippen LogP contribution in [0.1, 0.15) is 40.4 Å². The maximum atomic E-state index is 12.3. The molecular weight excluding hydrogens is 286 g/mol. The van der Waals surface area contributed by atoms with Crippen LogP contribution in [0.25, 0.3) is 0 Å². The van der Waals surface area contributed by atoms with Crippen LogP contribution >= 0.6 is 0 Å². The molecule has 23 heavy (non-hydrogen) atoms. The van der Waals surface area contributed by atoms with Crippen molar-refractivity contribution in [1.82, 2.24) is 5.32 Å². The molecule has 0 saturated heterocycles. The van der Waals surface area contributed by atoms with Crippen molar-refractivity contribution in [1.29, 1.82) is 0 Å². The molecule has 0 aromatic heterocycles. The molecule has 3 heteroatoms. The van der Waals surface area contributed by atoms with Gasteiger partial charge < -0.3 is 10.4 Å². The number of hydrogen-bond donors (Lipinski definition) is 2. The van der Waals surface area contributed by atoms with E-state index in [-0.39, 0.29) is 12.5 Å². The number of rotatable bonds is 6. The minimum absolute atomic E-state index is 0.133. The highest BCUT2D eigenvalue weighted by atomic mass is 16.3. The van der Waals surface area contributed by atoms with Crippen molar-refractivity contribution < 1.29 is 9.90 Å². The summed E-state index contributed by atoms with van der Waals surface area (Å²) in [6, 6.07) is 15.9. The first-order valence-electron chi connectivity index (χ1n) is 7.99. The molecule has 0 fully saturated rings. The molecule has 2 aromatic rings. The fourth-order valence-corrected chi connectivity index (χ4v) is 2.49. The maximum Gasteiger partial charge on any atom is 0.251 e. The summed E-state index contributed by atoms with van der Waals surface area (Å²) in [5.74, 6) is -0.133. The smallest absolute Gasteiger partial charge is 0.251 e. The minimum atomic E-state index is -0.927. The van der Waals surface area contributed by atoms with E-state index < -0.39 is 5.60 Å². The van der Waals surface area contributed by atoms with E-state index in [2.05, 4.69) is 5.32 Å². The average molecular weight is 311 g/mol. The number of benzene rings is 2. The van der Waals surface area contributed by atoms with Crippen LogP contribution in [0, 0.1) is 13.8 Å². The molecule has 1 amide bonds. The van der Waals surface area contributed by atoms with Gasteiger partial charge in [0.2, 0.25) is 0 Å². The topological polar surface area (TPSA) is 49.3 Å². The number of aliphatic hydroxyl groups is 1. The Hall–Kier alpha value is -2.13.